The molecule has 0 unspecified atom stereocenters. The van der Waals surface area contributed by atoms with E-state index in [1.807, 2.05) is 4.57 Å². The lowest BCUT2D eigenvalue weighted by atomic mass is 10.1. The smallest absolute Gasteiger partial charge is 0.203 e. The second-order valence-electron chi connectivity index (χ2n) is 3.04. The summed E-state index contributed by atoms with van der Waals surface area (Å²) in [5.74, 6) is 0. The van der Waals surface area contributed by atoms with Crippen LogP contribution in [0.1, 0.15) is 11.7 Å². The summed E-state index contributed by atoms with van der Waals surface area (Å²) in [6, 6.07) is 2.47. The summed E-state index contributed by atoms with van der Waals surface area (Å²) in [5, 5.41) is 12.2. The first kappa shape index (κ1) is 8.54. The second kappa shape index (κ2) is 3.36. The molecule has 1 aromatic rings. The third-order valence-corrected chi connectivity index (χ3v) is 2.49. The lowest BCUT2D eigenvalue weighted by molar-refractivity contribution is 0.338. The predicted molar refractivity (Wildman–Crippen MR) is 48.5 cm³/mol. The first-order chi connectivity index (χ1) is 6.33. The summed E-state index contributed by atoms with van der Waals surface area (Å²) in [7, 11) is 0. The summed E-state index contributed by atoms with van der Waals surface area (Å²) < 4.78 is 1.93. The Bertz CT molecular complexity index is 348. The van der Waals surface area contributed by atoms with E-state index in [0.717, 1.165) is 18.8 Å². The van der Waals surface area contributed by atoms with Crippen molar-refractivity contribution >= 4 is 11.6 Å². The number of hydrogen-bond acceptors (Lipinski definition) is 3. The average molecular weight is 197 g/mol. The van der Waals surface area contributed by atoms with Gasteiger partial charge in [0.25, 0.3) is 0 Å². The number of nitriles is 1. The normalized spacial score (nSPS) is 16.6. The topological polar surface area (TPSA) is 53.6 Å². The van der Waals surface area contributed by atoms with Gasteiger partial charge in [-0.1, -0.05) is 0 Å². The third kappa shape index (κ3) is 1.41. The molecule has 0 aromatic carbocycles. The van der Waals surface area contributed by atoms with Gasteiger partial charge >= 0.3 is 0 Å². The van der Waals surface area contributed by atoms with Crippen LogP contribution in [-0.2, 0) is 6.42 Å². The van der Waals surface area contributed by atoms with Crippen molar-refractivity contribution < 1.29 is 0 Å². The summed E-state index contributed by atoms with van der Waals surface area (Å²) in [6.45, 7) is 1.82. The molecule has 2 heterocycles. The van der Waals surface area contributed by atoms with E-state index in [4.69, 9.17) is 16.9 Å². The fourth-order valence-corrected chi connectivity index (χ4v) is 1.72. The van der Waals surface area contributed by atoms with Gasteiger partial charge in [0, 0.05) is 13.1 Å². The predicted octanol–water partition coefficient (Wildman–Crippen LogP) is 0.747. The molecule has 0 atom stereocenters. The molecule has 4 nitrogen and oxygen atoms in total. The van der Waals surface area contributed by atoms with Gasteiger partial charge in [-0.2, -0.15) is 5.26 Å². The molecule has 1 aliphatic rings. The van der Waals surface area contributed by atoms with Crippen LogP contribution >= 0.6 is 11.6 Å². The van der Waals surface area contributed by atoms with Gasteiger partial charge in [0.15, 0.2) is 0 Å². The lowest BCUT2D eigenvalue weighted by Crippen LogP contribution is -2.43. The molecule has 5 heteroatoms. The van der Waals surface area contributed by atoms with E-state index >= 15 is 0 Å². The highest BCUT2D eigenvalue weighted by atomic mass is 35.5. The van der Waals surface area contributed by atoms with Crippen molar-refractivity contribution in [2.24, 2.45) is 0 Å². The van der Waals surface area contributed by atoms with E-state index in [-0.39, 0.29) is 0 Å². The van der Waals surface area contributed by atoms with Gasteiger partial charge in [-0.15, -0.1) is 0 Å². The Morgan fingerprint density at radius 1 is 1.77 bits per heavy atom. The van der Waals surface area contributed by atoms with E-state index in [2.05, 4.69) is 16.4 Å². The standard InChI is InChI=1S/C8H9ClN4/c9-8-12-5-6(1-2-10)13(8)7-3-11-4-7/h5,7,11H,1,3-4H2. The average Bonchev–Trinajstić information content (AvgIpc) is 2.34. The van der Waals surface area contributed by atoms with E-state index in [1.54, 1.807) is 6.20 Å². The van der Waals surface area contributed by atoms with Crippen molar-refractivity contribution in [3.63, 3.8) is 0 Å². The summed E-state index contributed by atoms with van der Waals surface area (Å²) in [5.41, 5.74) is 0.902. The summed E-state index contributed by atoms with van der Waals surface area (Å²) in [6.07, 6.45) is 2.04. The zero-order valence-electron chi connectivity index (χ0n) is 7.00. The Morgan fingerprint density at radius 3 is 3.08 bits per heavy atom. The molecule has 0 saturated carbocycles. The number of rotatable bonds is 2. The maximum absolute atomic E-state index is 8.58. The molecule has 0 radical (unpaired) electrons. The SMILES string of the molecule is N#CCc1cnc(Cl)n1C1CNC1. The highest BCUT2D eigenvalue weighted by molar-refractivity contribution is 6.28. The zero-order valence-corrected chi connectivity index (χ0v) is 7.75. The van der Waals surface area contributed by atoms with Crippen LogP contribution in [0.2, 0.25) is 5.28 Å². The molecule has 1 aromatic heterocycles. The van der Waals surface area contributed by atoms with Gasteiger partial charge in [-0.25, -0.2) is 4.98 Å². The van der Waals surface area contributed by atoms with E-state index in [9.17, 15) is 0 Å². The van der Waals surface area contributed by atoms with Gasteiger partial charge in [-0.3, -0.25) is 0 Å². The Hall–Kier alpha value is -1.05. The van der Waals surface area contributed by atoms with Gasteiger partial charge in [0.1, 0.15) is 0 Å². The monoisotopic (exact) mass is 196 g/mol. The maximum atomic E-state index is 8.58. The fraction of sp³-hybridized carbons (Fsp3) is 0.500. The molecule has 1 N–H and O–H groups in total. The summed E-state index contributed by atoms with van der Waals surface area (Å²) in [4.78, 5) is 3.99. The minimum atomic E-state index is 0.371. The van der Waals surface area contributed by atoms with Crippen LogP contribution in [0, 0.1) is 11.3 Å². The largest absolute Gasteiger partial charge is 0.313 e. The van der Waals surface area contributed by atoms with Crippen LogP contribution in [0.3, 0.4) is 0 Å². The molecule has 0 bridgehead atoms. The Labute approximate surface area is 81.1 Å². The molecular weight excluding hydrogens is 188 g/mol. The number of aromatic nitrogens is 2. The molecule has 1 saturated heterocycles. The van der Waals surface area contributed by atoms with Crippen LogP contribution in [-0.4, -0.2) is 22.6 Å². The first-order valence-electron chi connectivity index (χ1n) is 4.12. The van der Waals surface area contributed by atoms with Gasteiger partial charge < -0.3 is 9.88 Å². The number of nitrogens with zero attached hydrogens (tertiary/aromatic N) is 3. The molecule has 0 spiro atoms. The van der Waals surface area contributed by atoms with Crippen LogP contribution in [0.4, 0.5) is 0 Å². The number of hydrogen-bond donors (Lipinski definition) is 1. The van der Waals surface area contributed by atoms with Crippen LogP contribution in [0.15, 0.2) is 6.20 Å². The van der Waals surface area contributed by atoms with Crippen molar-refractivity contribution in [2.45, 2.75) is 12.5 Å². The second-order valence-corrected chi connectivity index (χ2v) is 3.37. The Kier molecular flexibility index (Phi) is 2.21. The van der Waals surface area contributed by atoms with Crippen molar-refractivity contribution in [1.29, 1.82) is 5.26 Å². The lowest BCUT2D eigenvalue weighted by Gasteiger charge is -2.30. The quantitative estimate of drug-likeness (QED) is 0.760. The van der Waals surface area contributed by atoms with Crippen LogP contribution < -0.4 is 5.32 Å². The van der Waals surface area contributed by atoms with Gasteiger partial charge in [0.2, 0.25) is 5.28 Å². The zero-order chi connectivity index (χ0) is 9.26. The molecule has 2 rings (SSSR count). The molecular formula is C8H9ClN4. The van der Waals surface area contributed by atoms with Gasteiger partial charge in [-0.05, 0) is 11.6 Å². The van der Waals surface area contributed by atoms with Crippen molar-refractivity contribution in [3.05, 3.63) is 17.2 Å². The maximum Gasteiger partial charge on any atom is 0.203 e. The van der Waals surface area contributed by atoms with E-state index in [0.29, 0.717) is 17.7 Å². The molecule has 1 aliphatic heterocycles. The minimum absolute atomic E-state index is 0.371. The Morgan fingerprint density at radius 2 is 2.54 bits per heavy atom. The van der Waals surface area contributed by atoms with Crippen molar-refractivity contribution in [1.82, 2.24) is 14.9 Å². The number of halogens is 1. The van der Waals surface area contributed by atoms with Crippen molar-refractivity contribution in [2.75, 3.05) is 13.1 Å². The van der Waals surface area contributed by atoms with Crippen LogP contribution in [0.5, 0.6) is 0 Å². The van der Waals surface area contributed by atoms with Crippen molar-refractivity contribution in [3.8, 4) is 6.07 Å². The van der Waals surface area contributed by atoms with Crippen LogP contribution in [0.25, 0.3) is 0 Å². The third-order valence-electron chi connectivity index (χ3n) is 2.21. The highest BCUT2D eigenvalue weighted by Gasteiger charge is 2.23. The molecule has 13 heavy (non-hydrogen) atoms. The fourth-order valence-electron chi connectivity index (χ4n) is 1.42. The molecule has 0 aliphatic carbocycles. The number of nitrogens with one attached hydrogen (secondary N) is 1. The molecule has 1 fully saturated rings. The van der Waals surface area contributed by atoms with E-state index < -0.39 is 0 Å². The van der Waals surface area contributed by atoms with Gasteiger partial charge in [0.05, 0.1) is 30.4 Å². The van der Waals surface area contributed by atoms with E-state index in [1.165, 1.54) is 0 Å². The first-order valence-corrected chi connectivity index (χ1v) is 4.50. The summed E-state index contributed by atoms with van der Waals surface area (Å²) >= 11 is 5.90. The highest BCUT2D eigenvalue weighted by Crippen LogP contribution is 2.21. The Balaban J connectivity index is 2.29. The number of imidazole rings is 1. The molecule has 0 amide bonds. The minimum Gasteiger partial charge on any atom is -0.313 e. The molecule has 68 valence electrons.